The van der Waals surface area contributed by atoms with Gasteiger partial charge in [-0.25, -0.2) is 0 Å². The second kappa shape index (κ2) is 2.87. The zero-order chi connectivity index (χ0) is 10.4. The molecule has 2 nitrogen and oxygen atoms in total. The molecule has 1 aromatic rings. The number of hydrogen-bond donors (Lipinski definition) is 0. The molecule has 0 atom stereocenters. The summed E-state index contributed by atoms with van der Waals surface area (Å²) in [7, 11) is -3.31. The molecule has 4 heteroatoms. The van der Waals surface area contributed by atoms with Gasteiger partial charge >= 0.3 is 0 Å². The molecule has 0 fully saturated rings. The summed E-state index contributed by atoms with van der Waals surface area (Å²) in [5.74, 6) is 1.85. The molecule has 1 aliphatic heterocycles. The fourth-order valence-electron chi connectivity index (χ4n) is 1.41. The van der Waals surface area contributed by atoms with E-state index in [4.69, 9.17) is 8.85 Å². The van der Waals surface area contributed by atoms with E-state index >= 15 is 0 Å². The van der Waals surface area contributed by atoms with Crippen LogP contribution < -0.4 is 8.85 Å². The van der Waals surface area contributed by atoms with Gasteiger partial charge in [-0.3, -0.25) is 0 Å². The van der Waals surface area contributed by atoms with E-state index in [1.54, 1.807) is 0 Å². The summed E-state index contributed by atoms with van der Waals surface area (Å²) in [4.78, 5) is 0. The molecule has 0 aromatic heterocycles. The maximum absolute atomic E-state index is 6.11. The van der Waals surface area contributed by atoms with E-state index in [9.17, 15) is 0 Å². The molecule has 1 aliphatic rings. The Morgan fingerprint density at radius 1 is 0.786 bits per heavy atom. The minimum Gasteiger partial charge on any atom is -0.540 e. The predicted molar refractivity (Wildman–Crippen MR) is 62.7 cm³/mol. The van der Waals surface area contributed by atoms with Crippen LogP contribution in [0.15, 0.2) is 24.3 Å². The third-order valence-corrected chi connectivity index (χ3v) is 16.7. The van der Waals surface area contributed by atoms with Crippen LogP contribution in [0, 0.1) is 0 Å². The summed E-state index contributed by atoms with van der Waals surface area (Å²) < 4.78 is 12.2. The van der Waals surface area contributed by atoms with Crippen LogP contribution in [0.5, 0.6) is 11.5 Å². The van der Waals surface area contributed by atoms with Crippen molar-refractivity contribution in [2.45, 2.75) is 26.2 Å². The van der Waals surface area contributed by atoms with Gasteiger partial charge in [-0.1, -0.05) is 12.1 Å². The SMILES string of the molecule is C[Si]1(C)Oc2ccccc2O[Si]1(C)C. The van der Waals surface area contributed by atoms with E-state index in [-0.39, 0.29) is 0 Å². The lowest BCUT2D eigenvalue weighted by molar-refractivity contribution is 0.458. The number of para-hydroxylation sites is 2. The maximum Gasteiger partial charge on any atom is 0.274 e. The number of rotatable bonds is 0. The van der Waals surface area contributed by atoms with Gasteiger partial charge in [0.25, 0.3) is 15.7 Å². The highest BCUT2D eigenvalue weighted by atomic mass is 29.3. The van der Waals surface area contributed by atoms with Crippen molar-refractivity contribution < 1.29 is 8.85 Å². The maximum atomic E-state index is 6.11. The Balaban J connectivity index is 2.46. The molecule has 0 aliphatic carbocycles. The van der Waals surface area contributed by atoms with Gasteiger partial charge in [0, 0.05) is 0 Å². The largest absolute Gasteiger partial charge is 0.540 e. The molecule has 14 heavy (non-hydrogen) atoms. The van der Waals surface area contributed by atoms with Gasteiger partial charge in [0.1, 0.15) is 11.5 Å². The Morgan fingerprint density at radius 2 is 1.14 bits per heavy atom. The first-order chi connectivity index (χ1) is 6.42. The summed E-state index contributed by atoms with van der Waals surface area (Å²) in [5.41, 5.74) is 0. The third-order valence-electron chi connectivity index (χ3n) is 3.03. The molecule has 0 saturated carbocycles. The van der Waals surface area contributed by atoms with Crippen LogP contribution >= 0.6 is 0 Å². The van der Waals surface area contributed by atoms with Gasteiger partial charge in [0.2, 0.25) is 0 Å². The highest BCUT2D eigenvalue weighted by molar-refractivity contribution is 7.36. The monoisotopic (exact) mass is 224 g/mol. The first kappa shape index (κ1) is 9.80. The van der Waals surface area contributed by atoms with E-state index in [1.165, 1.54) is 0 Å². The van der Waals surface area contributed by atoms with Crippen molar-refractivity contribution in [2.24, 2.45) is 0 Å². The molecule has 0 unspecified atom stereocenters. The van der Waals surface area contributed by atoms with Crippen molar-refractivity contribution in [3.63, 3.8) is 0 Å². The summed E-state index contributed by atoms with van der Waals surface area (Å²) >= 11 is 0. The normalized spacial score (nSPS) is 21.7. The summed E-state index contributed by atoms with van der Waals surface area (Å²) in [5, 5.41) is 0. The molecule has 2 rings (SSSR count). The molecule has 0 spiro atoms. The van der Waals surface area contributed by atoms with Crippen molar-refractivity contribution in [1.82, 2.24) is 0 Å². The smallest absolute Gasteiger partial charge is 0.274 e. The van der Waals surface area contributed by atoms with Gasteiger partial charge in [-0.2, -0.15) is 0 Å². The number of fused-ring (bicyclic) bond motifs is 1. The van der Waals surface area contributed by atoms with E-state index in [0.717, 1.165) is 11.5 Å². The lowest BCUT2D eigenvalue weighted by Gasteiger charge is -2.42. The lowest BCUT2D eigenvalue weighted by Crippen LogP contribution is -2.65. The summed E-state index contributed by atoms with van der Waals surface area (Å²) in [6.07, 6.45) is 0. The standard InChI is InChI=1S/C10H16O2Si2/c1-13(2)11-9-7-5-6-8-10(9)12-14(13,3)4/h5-8H,1-4H3. The molecule has 1 aromatic carbocycles. The quantitative estimate of drug-likeness (QED) is 0.631. The molecule has 0 saturated heterocycles. The van der Waals surface area contributed by atoms with Gasteiger partial charge < -0.3 is 8.85 Å². The van der Waals surface area contributed by atoms with Crippen molar-refractivity contribution >= 4 is 15.7 Å². The predicted octanol–water partition coefficient (Wildman–Crippen LogP) is 2.95. The molecule has 0 amide bonds. The molecular weight excluding hydrogens is 208 g/mol. The van der Waals surface area contributed by atoms with Crippen molar-refractivity contribution in [3.8, 4) is 11.5 Å². The summed E-state index contributed by atoms with van der Waals surface area (Å²) in [6, 6.07) is 7.97. The Hall–Kier alpha value is -0.746. The minimum atomic E-state index is -1.65. The highest BCUT2D eigenvalue weighted by Crippen LogP contribution is 2.38. The topological polar surface area (TPSA) is 18.5 Å². The molecule has 1 heterocycles. The minimum absolute atomic E-state index is 0.927. The van der Waals surface area contributed by atoms with Crippen LogP contribution in [-0.4, -0.2) is 15.7 Å². The second-order valence-electron chi connectivity index (χ2n) is 4.67. The van der Waals surface area contributed by atoms with Crippen LogP contribution in [0.4, 0.5) is 0 Å². The Kier molecular flexibility index (Phi) is 2.01. The molecular formula is C10H16O2Si2. The molecule has 0 bridgehead atoms. The van der Waals surface area contributed by atoms with E-state index in [2.05, 4.69) is 26.2 Å². The van der Waals surface area contributed by atoms with E-state index in [0.29, 0.717) is 0 Å². The molecule has 0 radical (unpaired) electrons. The molecule has 76 valence electrons. The fourth-order valence-corrected chi connectivity index (χ4v) is 5.48. The van der Waals surface area contributed by atoms with Crippen LogP contribution in [0.25, 0.3) is 0 Å². The summed E-state index contributed by atoms with van der Waals surface area (Å²) in [6.45, 7) is 8.98. The van der Waals surface area contributed by atoms with Gasteiger partial charge in [0.15, 0.2) is 0 Å². The average Bonchev–Trinajstić information content (AvgIpc) is 2.05. The van der Waals surface area contributed by atoms with Crippen molar-refractivity contribution in [3.05, 3.63) is 24.3 Å². The number of hydrogen-bond acceptors (Lipinski definition) is 2. The van der Waals surface area contributed by atoms with Gasteiger partial charge in [0.05, 0.1) is 0 Å². The third kappa shape index (κ3) is 1.38. The Labute approximate surface area is 86.9 Å². The Morgan fingerprint density at radius 3 is 1.50 bits per heavy atom. The van der Waals surface area contributed by atoms with Gasteiger partial charge in [-0.05, 0) is 38.3 Å². The highest BCUT2D eigenvalue weighted by Gasteiger charge is 2.51. The lowest BCUT2D eigenvalue weighted by atomic mass is 10.3. The second-order valence-corrected chi connectivity index (χ2v) is 18.3. The van der Waals surface area contributed by atoms with Crippen LogP contribution in [-0.2, 0) is 0 Å². The van der Waals surface area contributed by atoms with Crippen LogP contribution in [0.1, 0.15) is 0 Å². The number of benzene rings is 1. The fraction of sp³-hybridized carbons (Fsp3) is 0.400. The van der Waals surface area contributed by atoms with E-state index < -0.39 is 15.7 Å². The zero-order valence-electron chi connectivity index (χ0n) is 9.13. The first-order valence-corrected chi connectivity index (χ1v) is 11.7. The average molecular weight is 224 g/mol. The first-order valence-electron chi connectivity index (χ1n) is 4.89. The molecule has 0 N–H and O–H groups in total. The zero-order valence-corrected chi connectivity index (χ0v) is 11.1. The van der Waals surface area contributed by atoms with Crippen LogP contribution in [0.2, 0.25) is 26.2 Å². The Bertz CT molecular complexity index is 326. The van der Waals surface area contributed by atoms with Crippen molar-refractivity contribution in [2.75, 3.05) is 0 Å². The van der Waals surface area contributed by atoms with E-state index in [1.807, 2.05) is 24.3 Å². The van der Waals surface area contributed by atoms with Crippen LogP contribution in [0.3, 0.4) is 0 Å². The van der Waals surface area contributed by atoms with Gasteiger partial charge in [-0.15, -0.1) is 0 Å². The van der Waals surface area contributed by atoms with Crippen molar-refractivity contribution in [1.29, 1.82) is 0 Å².